The molecule has 1 aromatic heterocycles. The molecule has 0 unspecified atom stereocenters. The van der Waals surface area contributed by atoms with Gasteiger partial charge in [0.1, 0.15) is 18.1 Å². The zero-order valence-corrected chi connectivity index (χ0v) is 10.6. The van der Waals surface area contributed by atoms with Crippen LogP contribution < -0.4 is 9.39 Å². The monoisotopic (exact) mass is 279 g/mol. The predicted octanol–water partition coefficient (Wildman–Crippen LogP) is 1.66. The Labute approximate surface area is 115 Å². The van der Waals surface area contributed by atoms with Gasteiger partial charge in [-0.1, -0.05) is 17.7 Å². The smallest absolute Gasteiger partial charge is 0.512 e. The standard InChI is InChI=1S/C12H11BClNO4/c14-11-7-10(19-13(16)17)4-5-12(11)18-8-9-3-1-2-6-15-9/h1-7,16-17H,8H2. The lowest BCUT2D eigenvalue weighted by Crippen LogP contribution is -2.20. The van der Waals surface area contributed by atoms with Crippen LogP contribution in [0.25, 0.3) is 0 Å². The molecular weight excluding hydrogens is 268 g/mol. The lowest BCUT2D eigenvalue weighted by atomic mass is 10.2. The number of nitrogens with zero attached hydrogens (tertiary/aromatic N) is 1. The second-order valence-electron chi connectivity index (χ2n) is 3.65. The summed E-state index contributed by atoms with van der Waals surface area (Å²) in [5.41, 5.74) is 0.782. The van der Waals surface area contributed by atoms with E-state index in [1.165, 1.54) is 12.1 Å². The summed E-state index contributed by atoms with van der Waals surface area (Å²) in [6.07, 6.45) is 1.68. The van der Waals surface area contributed by atoms with E-state index in [0.29, 0.717) is 17.4 Å². The largest absolute Gasteiger partial charge is 0.707 e. The van der Waals surface area contributed by atoms with Gasteiger partial charge in [-0.15, -0.1) is 0 Å². The highest BCUT2D eigenvalue weighted by Crippen LogP contribution is 2.29. The topological polar surface area (TPSA) is 71.8 Å². The summed E-state index contributed by atoms with van der Waals surface area (Å²) in [5.74, 6) is 0.706. The third kappa shape index (κ3) is 4.13. The summed E-state index contributed by atoms with van der Waals surface area (Å²) in [6, 6.07) is 10.1. The van der Waals surface area contributed by atoms with E-state index >= 15 is 0 Å². The zero-order valence-electron chi connectivity index (χ0n) is 9.86. The second-order valence-corrected chi connectivity index (χ2v) is 4.05. The van der Waals surface area contributed by atoms with Crippen molar-refractivity contribution in [3.63, 3.8) is 0 Å². The minimum atomic E-state index is -1.88. The molecule has 2 aromatic rings. The number of hydrogen-bond acceptors (Lipinski definition) is 5. The minimum Gasteiger partial charge on any atom is -0.512 e. The van der Waals surface area contributed by atoms with Crippen LogP contribution in [-0.4, -0.2) is 22.4 Å². The van der Waals surface area contributed by atoms with E-state index in [2.05, 4.69) is 9.64 Å². The molecule has 2 N–H and O–H groups in total. The molecule has 0 aliphatic carbocycles. The van der Waals surface area contributed by atoms with E-state index in [0.717, 1.165) is 5.69 Å². The Bertz CT molecular complexity index is 539. The van der Waals surface area contributed by atoms with E-state index in [1.54, 1.807) is 12.3 Å². The molecule has 1 heterocycles. The lowest BCUT2D eigenvalue weighted by molar-refractivity contribution is 0.286. The molecule has 0 aliphatic rings. The summed E-state index contributed by atoms with van der Waals surface area (Å²) in [6.45, 7) is 0.295. The molecule has 1 aromatic carbocycles. The first kappa shape index (κ1) is 13.7. The molecule has 0 aliphatic heterocycles. The lowest BCUT2D eigenvalue weighted by Gasteiger charge is -2.10. The van der Waals surface area contributed by atoms with Crippen molar-refractivity contribution in [2.75, 3.05) is 0 Å². The van der Waals surface area contributed by atoms with Gasteiger partial charge in [0.25, 0.3) is 0 Å². The summed E-state index contributed by atoms with van der Waals surface area (Å²) >= 11 is 5.99. The van der Waals surface area contributed by atoms with E-state index in [-0.39, 0.29) is 5.75 Å². The maximum Gasteiger partial charge on any atom is 0.707 e. The highest BCUT2D eigenvalue weighted by molar-refractivity contribution is 6.34. The maximum absolute atomic E-state index is 8.67. The van der Waals surface area contributed by atoms with Crippen molar-refractivity contribution in [1.82, 2.24) is 4.98 Å². The van der Waals surface area contributed by atoms with Crippen LogP contribution in [0.2, 0.25) is 5.02 Å². The SMILES string of the molecule is OB(O)Oc1ccc(OCc2ccccn2)c(Cl)c1. The van der Waals surface area contributed by atoms with Crippen LogP contribution in [0.5, 0.6) is 11.5 Å². The van der Waals surface area contributed by atoms with Crippen LogP contribution in [0.3, 0.4) is 0 Å². The average Bonchev–Trinajstić information content (AvgIpc) is 2.38. The quantitative estimate of drug-likeness (QED) is 0.815. The van der Waals surface area contributed by atoms with E-state index in [1.807, 2.05) is 18.2 Å². The minimum absolute atomic E-state index is 0.241. The number of halogens is 1. The van der Waals surface area contributed by atoms with Crippen molar-refractivity contribution >= 4 is 18.9 Å². The zero-order chi connectivity index (χ0) is 13.7. The van der Waals surface area contributed by atoms with Crippen molar-refractivity contribution < 1.29 is 19.4 Å². The van der Waals surface area contributed by atoms with Gasteiger partial charge >= 0.3 is 7.32 Å². The fraction of sp³-hybridized carbons (Fsp3) is 0.0833. The Hall–Kier alpha value is -1.76. The van der Waals surface area contributed by atoms with Gasteiger partial charge in [0.05, 0.1) is 10.7 Å². The molecule has 0 amide bonds. The van der Waals surface area contributed by atoms with Crippen molar-refractivity contribution in [2.45, 2.75) is 6.61 Å². The molecular formula is C12H11BClNO4. The van der Waals surface area contributed by atoms with Gasteiger partial charge in [-0.25, -0.2) is 0 Å². The Kier molecular flexibility index (Phi) is 4.62. The summed E-state index contributed by atoms with van der Waals surface area (Å²) in [7, 11) is -1.88. The third-order valence-electron chi connectivity index (χ3n) is 2.25. The van der Waals surface area contributed by atoms with Crippen LogP contribution in [-0.2, 0) is 6.61 Å². The van der Waals surface area contributed by atoms with E-state index in [9.17, 15) is 0 Å². The van der Waals surface area contributed by atoms with Gasteiger partial charge in [-0.05, 0) is 24.3 Å². The van der Waals surface area contributed by atoms with Gasteiger partial charge in [0, 0.05) is 12.3 Å². The molecule has 7 heteroatoms. The van der Waals surface area contributed by atoms with Gasteiger partial charge < -0.3 is 19.4 Å². The Morgan fingerprint density at radius 3 is 2.68 bits per heavy atom. The Morgan fingerprint density at radius 2 is 2.05 bits per heavy atom. The molecule has 0 bridgehead atoms. The fourth-order valence-electron chi connectivity index (χ4n) is 1.43. The maximum atomic E-state index is 8.67. The third-order valence-corrected chi connectivity index (χ3v) is 2.54. The number of benzene rings is 1. The fourth-order valence-corrected chi connectivity index (χ4v) is 1.65. The Morgan fingerprint density at radius 1 is 1.21 bits per heavy atom. The van der Waals surface area contributed by atoms with E-state index < -0.39 is 7.32 Å². The molecule has 0 saturated heterocycles. The molecule has 0 spiro atoms. The number of rotatable bonds is 5. The van der Waals surface area contributed by atoms with Crippen LogP contribution in [0.15, 0.2) is 42.6 Å². The summed E-state index contributed by atoms with van der Waals surface area (Å²) in [5, 5.41) is 17.7. The van der Waals surface area contributed by atoms with Crippen molar-refractivity contribution in [2.24, 2.45) is 0 Å². The van der Waals surface area contributed by atoms with Crippen LogP contribution in [0.1, 0.15) is 5.69 Å². The highest BCUT2D eigenvalue weighted by atomic mass is 35.5. The van der Waals surface area contributed by atoms with Crippen LogP contribution >= 0.6 is 11.6 Å². The van der Waals surface area contributed by atoms with Gasteiger partial charge in [-0.3, -0.25) is 4.98 Å². The normalized spacial score (nSPS) is 10.1. The molecule has 0 fully saturated rings. The number of aromatic nitrogens is 1. The van der Waals surface area contributed by atoms with Crippen molar-refractivity contribution in [3.05, 3.63) is 53.3 Å². The number of pyridine rings is 1. The van der Waals surface area contributed by atoms with Crippen molar-refractivity contribution in [3.8, 4) is 11.5 Å². The molecule has 0 atom stereocenters. The highest BCUT2D eigenvalue weighted by Gasteiger charge is 2.12. The number of ether oxygens (including phenoxy) is 1. The van der Waals surface area contributed by atoms with E-state index in [4.69, 9.17) is 26.4 Å². The van der Waals surface area contributed by atoms with Gasteiger partial charge in [-0.2, -0.15) is 0 Å². The van der Waals surface area contributed by atoms with Crippen LogP contribution in [0.4, 0.5) is 0 Å². The predicted molar refractivity (Wildman–Crippen MR) is 70.8 cm³/mol. The molecule has 19 heavy (non-hydrogen) atoms. The van der Waals surface area contributed by atoms with Crippen molar-refractivity contribution in [1.29, 1.82) is 0 Å². The van der Waals surface area contributed by atoms with Gasteiger partial charge in [0.2, 0.25) is 0 Å². The van der Waals surface area contributed by atoms with Gasteiger partial charge in [0.15, 0.2) is 0 Å². The second kappa shape index (κ2) is 6.42. The number of hydrogen-bond donors (Lipinski definition) is 2. The first-order valence-electron chi connectivity index (χ1n) is 5.50. The summed E-state index contributed by atoms with van der Waals surface area (Å²) in [4.78, 5) is 4.12. The average molecular weight is 279 g/mol. The summed E-state index contributed by atoms with van der Waals surface area (Å²) < 4.78 is 10.2. The first-order chi connectivity index (χ1) is 9.15. The molecule has 0 radical (unpaired) electrons. The molecule has 0 saturated carbocycles. The molecule has 98 valence electrons. The molecule has 2 rings (SSSR count). The first-order valence-corrected chi connectivity index (χ1v) is 5.88. The Balaban J connectivity index is 2.01. The molecule has 5 nitrogen and oxygen atoms in total. The van der Waals surface area contributed by atoms with Crippen LogP contribution in [0, 0.1) is 0 Å².